The van der Waals surface area contributed by atoms with Gasteiger partial charge < -0.3 is 24.5 Å². The highest BCUT2D eigenvalue weighted by Crippen LogP contribution is 2.54. The Morgan fingerprint density at radius 2 is 1.71 bits per heavy atom. The first-order valence-corrected chi connectivity index (χ1v) is 13.3. The van der Waals surface area contributed by atoms with Crippen LogP contribution in [0.4, 0.5) is 0 Å². The summed E-state index contributed by atoms with van der Waals surface area (Å²) in [6.45, 7) is 9.95. The van der Waals surface area contributed by atoms with E-state index in [0.29, 0.717) is 26.2 Å². The second kappa shape index (κ2) is 10.4. The highest BCUT2D eigenvalue weighted by Gasteiger charge is 2.72. The van der Waals surface area contributed by atoms with E-state index in [2.05, 4.69) is 6.92 Å². The van der Waals surface area contributed by atoms with Crippen LogP contribution in [-0.4, -0.2) is 94.1 Å². The number of unbranched alkanes of at least 4 members (excludes halogenated alkanes) is 2. The lowest BCUT2D eigenvalue weighted by atomic mass is 9.77. The number of hydrogen-bond acceptors (Lipinski definition) is 5. The summed E-state index contributed by atoms with van der Waals surface area (Å²) in [6, 6.07) is -1.43. The largest absolute Gasteiger partial charge is 0.394 e. The Morgan fingerprint density at radius 3 is 2.37 bits per heavy atom. The minimum Gasteiger partial charge on any atom is -0.394 e. The fourth-order valence-corrected chi connectivity index (χ4v) is 6.38. The molecule has 4 heterocycles. The fourth-order valence-electron chi connectivity index (χ4n) is 6.38. The van der Waals surface area contributed by atoms with Crippen LogP contribution in [0, 0.1) is 17.8 Å². The van der Waals surface area contributed by atoms with Gasteiger partial charge in [0.1, 0.15) is 11.6 Å². The molecule has 2 fully saturated rings. The molecule has 0 saturated carbocycles. The number of carbonyl (C=O) groups excluding carboxylic acids is 3. The van der Waals surface area contributed by atoms with Gasteiger partial charge in [-0.05, 0) is 18.8 Å². The average molecular weight is 488 g/mol. The van der Waals surface area contributed by atoms with E-state index in [9.17, 15) is 19.5 Å². The molecule has 4 aliphatic heterocycles. The molecule has 194 valence electrons. The Balaban J connectivity index is 1.80. The van der Waals surface area contributed by atoms with Gasteiger partial charge in [0.25, 0.3) is 0 Å². The number of aliphatic hydroxyl groups excluding tert-OH is 1. The van der Waals surface area contributed by atoms with Gasteiger partial charge in [-0.25, -0.2) is 0 Å². The van der Waals surface area contributed by atoms with E-state index in [1.807, 2.05) is 50.0 Å². The van der Waals surface area contributed by atoms with Crippen LogP contribution in [0.5, 0.6) is 0 Å². The van der Waals surface area contributed by atoms with Crippen molar-refractivity contribution >= 4 is 17.7 Å². The number of nitrogens with zero attached hydrogens (tertiary/aromatic N) is 3. The quantitative estimate of drug-likeness (QED) is 0.397. The SMILES string of the molecule is CCCCCN1CC=C[C@]23O[C@H]4C=CCN(CCC)C(=O)[C@H]4[C@H]2C(=O)N([C@@H](CO)C(C)C)C3C1=O. The van der Waals surface area contributed by atoms with Gasteiger partial charge in [0.2, 0.25) is 17.7 Å². The molecule has 3 amide bonds. The van der Waals surface area contributed by atoms with E-state index in [1.165, 1.54) is 0 Å². The molecule has 4 rings (SSSR count). The Bertz CT molecular complexity index is 886. The summed E-state index contributed by atoms with van der Waals surface area (Å²) in [5.41, 5.74) is -1.22. The third-order valence-electron chi connectivity index (χ3n) is 8.10. The summed E-state index contributed by atoms with van der Waals surface area (Å²) >= 11 is 0. The number of rotatable bonds is 9. The summed E-state index contributed by atoms with van der Waals surface area (Å²) in [5.74, 6) is -2.05. The monoisotopic (exact) mass is 487 g/mol. The van der Waals surface area contributed by atoms with Crippen molar-refractivity contribution in [3.8, 4) is 0 Å². The number of hydrogen-bond donors (Lipinski definition) is 1. The van der Waals surface area contributed by atoms with Crippen molar-refractivity contribution in [3.63, 3.8) is 0 Å². The van der Waals surface area contributed by atoms with Crippen molar-refractivity contribution in [1.82, 2.24) is 14.7 Å². The van der Waals surface area contributed by atoms with Gasteiger partial charge >= 0.3 is 0 Å². The van der Waals surface area contributed by atoms with Gasteiger partial charge in [-0.3, -0.25) is 14.4 Å². The number of aliphatic hydroxyl groups is 1. The number of carbonyl (C=O) groups is 3. The van der Waals surface area contributed by atoms with Gasteiger partial charge in [0.05, 0.1) is 30.6 Å². The summed E-state index contributed by atoms with van der Waals surface area (Å²) in [4.78, 5) is 47.2. The molecular weight excluding hydrogens is 446 g/mol. The molecule has 8 heteroatoms. The van der Waals surface area contributed by atoms with Gasteiger partial charge in [0, 0.05) is 26.2 Å². The second-order valence-electron chi connectivity index (χ2n) is 10.7. The molecule has 1 spiro atoms. The van der Waals surface area contributed by atoms with Crippen LogP contribution in [0.2, 0.25) is 0 Å². The summed E-state index contributed by atoms with van der Waals surface area (Å²) < 4.78 is 6.64. The Kier molecular flexibility index (Phi) is 7.71. The van der Waals surface area contributed by atoms with E-state index >= 15 is 0 Å². The van der Waals surface area contributed by atoms with E-state index in [0.717, 1.165) is 25.7 Å². The first-order valence-electron chi connectivity index (χ1n) is 13.3. The smallest absolute Gasteiger partial charge is 0.249 e. The molecule has 0 aromatic rings. The Morgan fingerprint density at radius 1 is 1.00 bits per heavy atom. The van der Waals surface area contributed by atoms with Crippen molar-refractivity contribution in [3.05, 3.63) is 24.3 Å². The maximum atomic E-state index is 14.2. The van der Waals surface area contributed by atoms with Gasteiger partial charge in [0.15, 0.2) is 0 Å². The van der Waals surface area contributed by atoms with E-state index in [4.69, 9.17) is 4.74 Å². The summed E-state index contributed by atoms with van der Waals surface area (Å²) in [6.07, 6.45) is 10.9. The van der Waals surface area contributed by atoms with Crippen molar-refractivity contribution < 1.29 is 24.2 Å². The third-order valence-corrected chi connectivity index (χ3v) is 8.10. The van der Waals surface area contributed by atoms with E-state index < -0.39 is 35.6 Å². The highest BCUT2D eigenvalue weighted by molar-refractivity contribution is 6.00. The van der Waals surface area contributed by atoms with Gasteiger partial charge in [-0.2, -0.15) is 0 Å². The topological polar surface area (TPSA) is 90.4 Å². The van der Waals surface area contributed by atoms with Gasteiger partial charge in [-0.15, -0.1) is 0 Å². The molecule has 35 heavy (non-hydrogen) atoms. The second-order valence-corrected chi connectivity index (χ2v) is 10.7. The number of fused-ring (bicyclic) bond motifs is 2. The van der Waals surface area contributed by atoms with E-state index in [1.54, 1.807) is 9.80 Å². The van der Waals surface area contributed by atoms with Crippen LogP contribution < -0.4 is 0 Å². The maximum Gasteiger partial charge on any atom is 0.249 e. The van der Waals surface area contributed by atoms with Crippen molar-refractivity contribution in [1.29, 1.82) is 0 Å². The summed E-state index contributed by atoms with van der Waals surface area (Å²) in [5, 5.41) is 10.3. The zero-order chi connectivity index (χ0) is 25.3. The Hall–Kier alpha value is -2.19. The lowest BCUT2D eigenvalue weighted by Gasteiger charge is -2.39. The number of likely N-dealkylation sites (tertiary alicyclic amines) is 1. The zero-order valence-electron chi connectivity index (χ0n) is 21.6. The normalized spacial score (nSPS) is 33.2. The van der Waals surface area contributed by atoms with Crippen LogP contribution in [0.3, 0.4) is 0 Å². The molecular formula is C27H41N3O5. The van der Waals surface area contributed by atoms with Crippen LogP contribution in [0.25, 0.3) is 0 Å². The predicted molar refractivity (Wildman–Crippen MR) is 132 cm³/mol. The third kappa shape index (κ3) is 4.22. The number of ether oxygens (including phenoxy) is 1. The molecule has 0 aromatic heterocycles. The molecule has 6 atom stereocenters. The molecule has 4 aliphatic rings. The number of amides is 3. The molecule has 2 saturated heterocycles. The first kappa shape index (κ1) is 25.9. The standard InChI is InChI=1S/C27H41N3O5/c1-5-7-8-14-29-16-10-12-27-22(21-20(35-27)11-9-15-28(13-6-2)24(21)32)25(33)30(23(27)26(29)34)19(17-31)18(3)4/h9-12,18-23,31H,5-8,13-17H2,1-4H3/t19-,20-,21+,22-,23?,27-/m0/s1. The molecule has 0 bridgehead atoms. The lowest BCUT2D eigenvalue weighted by molar-refractivity contribution is -0.152. The van der Waals surface area contributed by atoms with Crippen LogP contribution >= 0.6 is 0 Å². The van der Waals surface area contributed by atoms with Crippen molar-refractivity contribution in [2.75, 3.05) is 32.8 Å². The minimum atomic E-state index is -1.22. The summed E-state index contributed by atoms with van der Waals surface area (Å²) in [7, 11) is 0. The van der Waals surface area contributed by atoms with Crippen LogP contribution in [-0.2, 0) is 19.1 Å². The molecule has 1 N–H and O–H groups in total. The molecule has 0 aromatic carbocycles. The van der Waals surface area contributed by atoms with Gasteiger partial charge in [-0.1, -0.05) is 64.8 Å². The highest BCUT2D eigenvalue weighted by atomic mass is 16.5. The van der Waals surface area contributed by atoms with Crippen LogP contribution in [0.15, 0.2) is 24.3 Å². The molecule has 1 unspecified atom stereocenters. The molecule has 0 radical (unpaired) electrons. The fraction of sp³-hybridized carbons (Fsp3) is 0.741. The predicted octanol–water partition coefficient (Wildman–Crippen LogP) is 1.98. The van der Waals surface area contributed by atoms with E-state index in [-0.39, 0.29) is 30.2 Å². The van der Waals surface area contributed by atoms with Crippen LogP contribution in [0.1, 0.15) is 53.4 Å². The molecule has 0 aliphatic carbocycles. The first-order chi connectivity index (χ1) is 16.8. The minimum absolute atomic E-state index is 0.0643. The van der Waals surface area contributed by atoms with Crippen molar-refractivity contribution in [2.45, 2.75) is 77.2 Å². The van der Waals surface area contributed by atoms with Crippen molar-refractivity contribution in [2.24, 2.45) is 17.8 Å². The average Bonchev–Trinajstić information content (AvgIpc) is 3.14. The maximum absolute atomic E-state index is 14.2. The Labute approximate surface area is 208 Å². The molecule has 8 nitrogen and oxygen atoms in total. The zero-order valence-corrected chi connectivity index (χ0v) is 21.6. The lowest BCUT2D eigenvalue weighted by Crippen LogP contribution is -2.59.